The van der Waals surface area contributed by atoms with Crippen LogP contribution in [-0.2, 0) is 12.8 Å². The quantitative estimate of drug-likeness (QED) is 0.766. The number of aryl methyl sites for hydroxylation is 1. The van der Waals surface area contributed by atoms with Crippen molar-refractivity contribution in [1.29, 1.82) is 0 Å². The Morgan fingerprint density at radius 3 is 2.72 bits per heavy atom. The first-order valence-corrected chi connectivity index (χ1v) is 6.47. The molecule has 1 heterocycles. The lowest BCUT2D eigenvalue weighted by atomic mass is 9.80. The molecule has 0 fully saturated rings. The van der Waals surface area contributed by atoms with Gasteiger partial charge in [0.05, 0.1) is 11.8 Å². The monoisotopic (exact) mass is 260 g/mol. The molecule has 1 aliphatic rings. The maximum absolute atomic E-state index is 12.3. The Bertz CT molecular complexity index is 586. The van der Waals surface area contributed by atoms with E-state index in [4.69, 9.17) is 16.0 Å². The molecule has 2 aromatic rings. The predicted molar refractivity (Wildman–Crippen MR) is 70.0 cm³/mol. The molecule has 92 valence electrons. The molecule has 0 amide bonds. The zero-order chi connectivity index (χ0) is 12.5. The summed E-state index contributed by atoms with van der Waals surface area (Å²) in [5.74, 6) is 0.123. The molecule has 0 bridgehead atoms. The minimum Gasteiger partial charge on any atom is -0.452 e. The van der Waals surface area contributed by atoms with Crippen molar-refractivity contribution in [2.75, 3.05) is 0 Å². The number of hydrogen-bond acceptors (Lipinski definition) is 2. The molecule has 3 rings (SSSR count). The van der Waals surface area contributed by atoms with Crippen LogP contribution in [0.4, 0.5) is 0 Å². The van der Waals surface area contributed by atoms with Gasteiger partial charge in [0.25, 0.3) is 0 Å². The van der Waals surface area contributed by atoms with E-state index in [1.54, 1.807) is 6.07 Å². The summed E-state index contributed by atoms with van der Waals surface area (Å²) >= 11 is 5.87. The van der Waals surface area contributed by atoms with Gasteiger partial charge >= 0.3 is 0 Å². The smallest absolute Gasteiger partial charge is 0.203 e. The molecule has 0 saturated carbocycles. The van der Waals surface area contributed by atoms with Crippen molar-refractivity contribution in [2.45, 2.75) is 19.3 Å². The van der Waals surface area contributed by atoms with Crippen LogP contribution in [0.1, 0.15) is 27.9 Å². The van der Waals surface area contributed by atoms with E-state index in [1.165, 1.54) is 17.4 Å². The summed E-state index contributed by atoms with van der Waals surface area (Å²) in [5, 5.41) is 0.207. The fourth-order valence-corrected chi connectivity index (χ4v) is 2.82. The first kappa shape index (κ1) is 11.5. The maximum atomic E-state index is 12.3. The van der Waals surface area contributed by atoms with Gasteiger partial charge in [-0.25, -0.2) is 0 Å². The molecular weight excluding hydrogens is 248 g/mol. The van der Waals surface area contributed by atoms with Crippen molar-refractivity contribution >= 4 is 17.4 Å². The SMILES string of the molecule is O=C(c1ccoc1Cl)C1CCc2ccccc2C1. The van der Waals surface area contributed by atoms with Crippen LogP contribution in [0.15, 0.2) is 41.0 Å². The number of hydrogen-bond donors (Lipinski definition) is 0. The van der Waals surface area contributed by atoms with Crippen molar-refractivity contribution in [3.63, 3.8) is 0 Å². The van der Waals surface area contributed by atoms with Crippen LogP contribution in [0, 0.1) is 5.92 Å². The van der Waals surface area contributed by atoms with Gasteiger partial charge in [-0.15, -0.1) is 0 Å². The number of ketones is 1. The van der Waals surface area contributed by atoms with Gasteiger partial charge in [-0.05, 0) is 48.1 Å². The molecule has 18 heavy (non-hydrogen) atoms. The minimum atomic E-state index is 0.0231. The molecule has 1 aromatic carbocycles. The zero-order valence-electron chi connectivity index (χ0n) is 9.86. The lowest BCUT2D eigenvalue weighted by Gasteiger charge is -2.23. The van der Waals surface area contributed by atoms with Crippen LogP contribution < -0.4 is 0 Å². The Morgan fingerprint density at radius 2 is 2.00 bits per heavy atom. The topological polar surface area (TPSA) is 30.2 Å². The van der Waals surface area contributed by atoms with Gasteiger partial charge in [0.15, 0.2) is 5.78 Å². The fourth-order valence-electron chi connectivity index (χ4n) is 2.61. The molecule has 0 saturated heterocycles. The van der Waals surface area contributed by atoms with Crippen molar-refractivity contribution in [3.8, 4) is 0 Å². The third kappa shape index (κ3) is 1.97. The van der Waals surface area contributed by atoms with Gasteiger partial charge in [-0.2, -0.15) is 0 Å². The van der Waals surface area contributed by atoms with E-state index in [1.807, 2.05) is 12.1 Å². The average Bonchev–Trinajstić information content (AvgIpc) is 2.83. The standard InChI is InChI=1S/C15H13ClO2/c16-15-13(7-8-18-15)14(17)12-6-5-10-3-1-2-4-11(10)9-12/h1-4,7-8,12H,5-6,9H2. The number of carbonyl (C=O) groups excluding carboxylic acids is 1. The highest BCUT2D eigenvalue weighted by molar-refractivity contribution is 6.32. The van der Waals surface area contributed by atoms with Crippen LogP contribution in [0.5, 0.6) is 0 Å². The van der Waals surface area contributed by atoms with E-state index in [0.717, 1.165) is 19.3 Å². The summed E-state index contributed by atoms with van der Waals surface area (Å²) in [5.41, 5.74) is 3.16. The van der Waals surface area contributed by atoms with Gasteiger partial charge in [0.1, 0.15) is 0 Å². The number of halogens is 1. The number of carbonyl (C=O) groups is 1. The number of fused-ring (bicyclic) bond motifs is 1. The lowest BCUT2D eigenvalue weighted by molar-refractivity contribution is 0.0908. The summed E-state index contributed by atoms with van der Waals surface area (Å²) in [4.78, 5) is 12.3. The first-order chi connectivity index (χ1) is 8.75. The molecule has 3 heteroatoms. The second-order valence-corrected chi connectivity index (χ2v) is 5.02. The molecule has 1 atom stereocenters. The number of Topliss-reactive ketones (excluding diaryl/α,β-unsaturated/α-hetero) is 1. The van der Waals surface area contributed by atoms with Gasteiger partial charge in [0.2, 0.25) is 5.22 Å². The largest absolute Gasteiger partial charge is 0.452 e. The van der Waals surface area contributed by atoms with E-state index in [-0.39, 0.29) is 16.9 Å². The average molecular weight is 261 g/mol. The summed E-state index contributed by atoms with van der Waals surface area (Å²) in [6.07, 6.45) is 4.11. The lowest BCUT2D eigenvalue weighted by Crippen LogP contribution is -2.22. The molecular formula is C15H13ClO2. The fraction of sp³-hybridized carbons (Fsp3) is 0.267. The van der Waals surface area contributed by atoms with Crippen molar-refractivity contribution in [2.24, 2.45) is 5.92 Å². The molecule has 0 spiro atoms. The van der Waals surface area contributed by atoms with Crippen molar-refractivity contribution < 1.29 is 9.21 Å². The Balaban J connectivity index is 1.84. The number of furan rings is 1. The maximum Gasteiger partial charge on any atom is 0.203 e. The van der Waals surface area contributed by atoms with E-state index >= 15 is 0 Å². The zero-order valence-corrected chi connectivity index (χ0v) is 10.6. The molecule has 1 unspecified atom stereocenters. The minimum absolute atomic E-state index is 0.0231. The van der Waals surface area contributed by atoms with Crippen LogP contribution in [0.25, 0.3) is 0 Å². The van der Waals surface area contributed by atoms with E-state index in [2.05, 4.69) is 12.1 Å². The van der Waals surface area contributed by atoms with Gasteiger partial charge < -0.3 is 4.42 Å². The molecule has 2 nitrogen and oxygen atoms in total. The summed E-state index contributed by atoms with van der Waals surface area (Å²) in [7, 11) is 0. The summed E-state index contributed by atoms with van der Waals surface area (Å²) < 4.78 is 4.99. The van der Waals surface area contributed by atoms with Crippen molar-refractivity contribution in [3.05, 3.63) is 58.5 Å². The number of benzene rings is 1. The molecule has 0 N–H and O–H groups in total. The summed E-state index contributed by atoms with van der Waals surface area (Å²) in [6, 6.07) is 9.97. The third-order valence-electron chi connectivity index (χ3n) is 3.60. The van der Waals surface area contributed by atoms with E-state index in [9.17, 15) is 4.79 Å². The Hall–Kier alpha value is -1.54. The van der Waals surface area contributed by atoms with Crippen LogP contribution in [0.3, 0.4) is 0 Å². The van der Waals surface area contributed by atoms with Crippen LogP contribution in [0.2, 0.25) is 5.22 Å². The van der Waals surface area contributed by atoms with Gasteiger partial charge in [0, 0.05) is 5.92 Å². The highest BCUT2D eigenvalue weighted by Gasteiger charge is 2.27. The second kappa shape index (κ2) is 4.62. The normalized spacial score (nSPS) is 18.4. The molecule has 1 aromatic heterocycles. The highest BCUT2D eigenvalue weighted by atomic mass is 35.5. The van der Waals surface area contributed by atoms with Crippen LogP contribution >= 0.6 is 11.6 Å². The van der Waals surface area contributed by atoms with Crippen LogP contribution in [-0.4, -0.2) is 5.78 Å². The molecule has 1 aliphatic carbocycles. The van der Waals surface area contributed by atoms with E-state index < -0.39 is 0 Å². The molecule has 0 radical (unpaired) electrons. The molecule has 0 aliphatic heterocycles. The first-order valence-electron chi connectivity index (χ1n) is 6.09. The van der Waals surface area contributed by atoms with E-state index in [0.29, 0.717) is 5.56 Å². The number of rotatable bonds is 2. The van der Waals surface area contributed by atoms with Gasteiger partial charge in [-0.1, -0.05) is 24.3 Å². The summed E-state index contributed by atoms with van der Waals surface area (Å²) in [6.45, 7) is 0. The second-order valence-electron chi connectivity index (χ2n) is 4.68. The Labute approximate surface area is 111 Å². The Morgan fingerprint density at radius 1 is 1.22 bits per heavy atom. The van der Waals surface area contributed by atoms with Gasteiger partial charge in [-0.3, -0.25) is 4.79 Å². The third-order valence-corrected chi connectivity index (χ3v) is 3.89. The highest BCUT2D eigenvalue weighted by Crippen LogP contribution is 2.30. The van der Waals surface area contributed by atoms with Crippen molar-refractivity contribution in [1.82, 2.24) is 0 Å². The predicted octanol–water partition coefficient (Wildman–Crippen LogP) is 3.92. The Kier molecular flexibility index (Phi) is 2.96.